The van der Waals surface area contributed by atoms with Crippen molar-refractivity contribution < 1.29 is 4.79 Å². The first kappa shape index (κ1) is 12.7. The third-order valence-corrected chi connectivity index (χ3v) is 4.96. The van der Waals surface area contributed by atoms with Crippen LogP contribution in [0.2, 0.25) is 0 Å². The van der Waals surface area contributed by atoms with E-state index in [2.05, 4.69) is 9.97 Å². The Labute approximate surface area is 120 Å². The van der Waals surface area contributed by atoms with Gasteiger partial charge in [0.25, 0.3) is 5.91 Å². The number of aromatic nitrogens is 2. The molecule has 0 N–H and O–H groups in total. The fraction of sp³-hybridized carbons (Fsp3) is 0.462. The van der Waals surface area contributed by atoms with E-state index < -0.39 is 0 Å². The molecule has 0 spiro atoms. The van der Waals surface area contributed by atoms with Crippen molar-refractivity contribution in [1.29, 1.82) is 0 Å². The summed E-state index contributed by atoms with van der Waals surface area (Å²) in [6, 6.07) is 0. The molecule has 6 heteroatoms. The Balaban J connectivity index is 1.63. The molecular weight excluding hydrogens is 278 g/mol. The van der Waals surface area contributed by atoms with Gasteiger partial charge in [-0.1, -0.05) is 0 Å². The number of hydrogen-bond donors (Lipinski definition) is 0. The van der Waals surface area contributed by atoms with Crippen molar-refractivity contribution in [2.24, 2.45) is 5.92 Å². The van der Waals surface area contributed by atoms with Crippen molar-refractivity contribution in [3.63, 3.8) is 0 Å². The number of carbonyl (C=O) groups excluding carboxylic acids is 1. The Kier molecular flexibility index (Phi) is 3.89. The zero-order chi connectivity index (χ0) is 13.1. The molecule has 100 valence electrons. The number of amides is 1. The smallest absolute Gasteiger partial charge is 0.265 e. The Morgan fingerprint density at radius 1 is 1.47 bits per heavy atom. The molecule has 0 bridgehead atoms. The van der Waals surface area contributed by atoms with Gasteiger partial charge in [-0.25, -0.2) is 4.98 Å². The van der Waals surface area contributed by atoms with Crippen LogP contribution in [0.3, 0.4) is 0 Å². The van der Waals surface area contributed by atoms with E-state index in [4.69, 9.17) is 0 Å². The van der Waals surface area contributed by atoms with Crippen LogP contribution in [-0.4, -0.2) is 33.9 Å². The van der Waals surface area contributed by atoms with Gasteiger partial charge < -0.3 is 4.90 Å². The molecule has 2 aromatic rings. The quantitative estimate of drug-likeness (QED) is 0.874. The van der Waals surface area contributed by atoms with Gasteiger partial charge in [0, 0.05) is 31.1 Å². The number of likely N-dealkylation sites (tertiary alicyclic amines) is 1. The van der Waals surface area contributed by atoms with Gasteiger partial charge in [0.15, 0.2) is 0 Å². The minimum absolute atomic E-state index is 0.131. The summed E-state index contributed by atoms with van der Waals surface area (Å²) in [5.74, 6) is 0.670. The predicted octanol–water partition coefficient (Wildman–Crippen LogP) is 2.69. The minimum atomic E-state index is 0.131. The summed E-state index contributed by atoms with van der Waals surface area (Å²) in [4.78, 5) is 23.3. The lowest BCUT2D eigenvalue weighted by Gasteiger charge is -2.32. The van der Waals surface area contributed by atoms with Crippen molar-refractivity contribution in [1.82, 2.24) is 14.9 Å². The van der Waals surface area contributed by atoms with E-state index in [-0.39, 0.29) is 5.91 Å². The number of piperidine rings is 1. The summed E-state index contributed by atoms with van der Waals surface area (Å²) in [5.41, 5.74) is 1.71. The molecule has 1 saturated heterocycles. The third kappa shape index (κ3) is 3.01. The summed E-state index contributed by atoms with van der Waals surface area (Å²) >= 11 is 3.12. The largest absolute Gasteiger partial charge is 0.338 e. The van der Waals surface area contributed by atoms with Gasteiger partial charge in [-0.3, -0.25) is 9.78 Å². The summed E-state index contributed by atoms with van der Waals surface area (Å²) in [6.45, 7) is 1.71. The molecule has 4 nitrogen and oxygen atoms in total. The second kappa shape index (κ2) is 5.79. The molecule has 3 rings (SSSR count). The van der Waals surface area contributed by atoms with Gasteiger partial charge in [0.2, 0.25) is 0 Å². The third-order valence-electron chi connectivity index (χ3n) is 3.40. The molecule has 2 aromatic heterocycles. The number of thiazole rings is 2. The molecule has 19 heavy (non-hydrogen) atoms. The Bertz CT molecular complexity index is 524. The first-order chi connectivity index (χ1) is 9.33. The van der Waals surface area contributed by atoms with Crippen LogP contribution in [0.5, 0.6) is 0 Å². The van der Waals surface area contributed by atoms with Gasteiger partial charge in [-0.15, -0.1) is 22.7 Å². The van der Waals surface area contributed by atoms with Crippen LogP contribution in [0.4, 0.5) is 0 Å². The second-order valence-corrected chi connectivity index (χ2v) is 6.62. The maximum atomic E-state index is 12.3. The summed E-state index contributed by atoms with van der Waals surface area (Å²) < 4.78 is 0. The standard InChI is InChI=1S/C13H15N3OS2/c17-13(11-7-14-9-19-11)16-4-1-2-10(8-16)6-12-15-3-5-18-12/h3,5,7,9-10H,1-2,4,6,8H2/t10-/m1/s1. The number of carbonyl (C=O) groups is 1. The lowest BCUT2D eigenvalue weighted by molar-refractivity contribution is 0.0678. The molecular formula is C13H15N3OS2. The Morgan fingerprint density at radius 2 is 2.42 bits per heavy atom. The van der Waals surface area contributed by atoms with Gasteiger partial charge in [-0.2, -0.15) is 0 Å². The first-order valence-electron chi connectivity index (χ1n) is 6.39. The highest BCUT2D eigenvalue weighted by Crippen LogP contribution is 2.23. The topological polar surface area (TPSA) is 46.1 Å². The second-order valence-electron chi connectivity index (χ2n) is 4.76. The van der Waals surface area contributed by atoms with Crippen molar-refractivity contribution >= 4 is 28.6 Å². The van der Waals surface area contributed by atoms with Crippen LogP contribution >= 0.6 is 22.7 Å². The summed E-state index contributed by atoms with van der Waals surface area (Å²) in [7, 11) is 0. The van der Waals surface area contributed by atoms with Gasteiger partial charge in [0.1, 0.15) is 4.88 Å². The monoisotopic (exact) mass is 293 g/mol. The Morgan fingerprint density at radius 3 is 3.16 bits per heavy atom. The number of hydrogen-bond acceptors (Lipinski definition) is 5. The maximum Gasteiger partial charge on any atom is 0.265 e. The van der Waals surface area contributed by atoms with Crippen LogP contribution in [-0.2, 0) is 6.42 Å². The van der Waals surface area contributed by atoms with Crippen LogP contribution in [0.1, 0.15) is 27.5 Å². The fourth-order valence-electron chi connectivity index (χ4n) is 2.49. The highest BCUT2D eigenvalue weighted by molar-refractivity contribution is 7.11. The van der Waals surface area contributed by atoms with E-state index in [1.807, 2.05) is 16.5 Å². The van der Waals surface area contributed by atoms with E-state index in [9.17, 15) is 4.79 Å². The van der Waals surface area contributed by atoms with Crippen LogP contribution in [0, 0.1) is 5.92 Å². The maximum absolute atomic E-state index is 12.3. The highest BCUT2D eigenvalue weighted by Gasteiger charge is 2.25. The highest BCUT2D eigenvalue weighted by atomic mass is 32.1. The molecule has 1 fully saturated rings. The lowest BCUT2D eigenvalue weighted by Crippen LogP contribution is -2.40. The molecule has 3 heterocycles. The molecule has 0 aliphatic carbocycles. The summed E-state index contributed by atoms with van der Waals surface area (Å²) in [5, 5.41) is 3.19. The Hall–Kier alpha value is -1.27. The molecule has 1 aliphatic rings. The molecule has 1 atom stereocenters. The lowest BCUT2D eigenvalue weighted by atomic mass is 9.95. The van der Waals surface area contributed by atoms with Gasteiger partial charge in [-0.05, 0) is 18.8 Å². The minimum Gasteiger partial charge on any atom is -0.338 e. The van der Waals surface area contributed by atoms with E-state index >= 15 is 0 Å². The average molecular weight is 293 g/mol. The summed E-state index contributed by atoms with van der Waals surface area (Å²) in [6.07, 6.45) is 6.78. The van der Waals surface area contributed by atoms with Crippen LogP contribution in [0.25, 0.3) is 0 Å². The average Bonchev–Trinajstić information content (AvgIpc) is 3.11. The normalized spacial score (nSPS) is 19.6. The van der Waals surface area contributed by atoms with Crippen molar-refractivity contribution in [2.45, 2.75) is 19.3 Å². The number of nitrogens with zero attached hydrogens (tertiary/aromatic N) is 3. The molecule has 0 unspecified atom stereocenters. The van der Waals surface area contributed by atoms with Gasteiger partial charge >= 0.3 is 0 Å². The van der Waals surface area contributed by atoms with Crippen LogP contribution < -0.4 is 0 Å². The van der Waals surface area contributed by atoms with E-state index in [0.717, 1.165) is 30.8 Å². The predicted molar refractivity (Wildman–Crippen MR) is 76.6 cm³/mol. The van der Waals surface area contributed by atoms with E-state index in [0.29, 0.717) is 5.92 Å². The molecule has 0 radical (unpaired) electrons. The van der Waals surface area contributed by atoms with Gasteiger partial charge in [0.05, 0.1) is 16.7 Å². The molecule has 1 aliphatic heterocycles. The van der Waals surface area contributed by atoms with Crippen molar-refractivity contribution in [3.05, 3.63) is 33.2 Å². The zero-order valence-electron chi connectivity index (χ0n) is 10.5. The number of rotatable bonds is 3. The van der Waals surface area contributed by atoms with Crippen LogP contribution in [0.15, 0.2) is 23.3 Å². The molecule has 1 amide bonds. The van der Waals surface area contributed by atoms with E-state index in [1.165, 1.54) is 22.8 Å². The van der Waals surface area contributed by atoms with E-state index in [1.54, 1.807) is 23.0 Å². The molecule has 0 saturated carbocycles. The fourth-order valence-corrected chi connectivity index (χ4v) is 3.81. The van der Waals surface area contributed by atoms with Crippen molar-refractivity contribution in [2.75, 3.05) is 13.1 Å². The van der Waals surface area contributed by atoms with Crippen molar-refractivity contribution in [3.8, 4) is 0 Å². The zero-order valence-corrected chi connectivity index (χ0v) is 12.1. The molecule has 0 aromatic carbocycles. The first-order valence-corrected chi connectivity index (χ1v) is 8.15. The SMILES string of the molecule is O=C(c1cncs1)N1CCC[C@H](Cc2nccs2)C1.